The van der Waals surface area contributed by atoms with Crippen molar-refractivity contribution in [2.45, 2.75) is 0 Å². The summed E-state index contributed by atoms with van der Waals surface area (Å²) in [7, 11) is 1.53. The fourth-order valence-electron chi connectivity index (χ4n) is 0.685. The molecule has 1 aromatic rings. The van der Waals surface area contributed by atoms with Crippen molar-refractivity contribution in [3.05, 3.63) is 30.3 Å². The smallest absolute Gasteiger partial charge is 0.156 e. The minimum atomic E-state index is 0.185. The minimum Gasteiger partial charge on any atom is -0.477 e. The lowest BCUT2D eigenvalue weighted by atomic mass is 10.3. The van der Waals surface area contributed by atoms with E-state index in [1.807, 2.05) is 30.3 Å². The van der Waals surface area contributed by atoms with Crippen molar-refractivity contribution >= 4 is 0 Å². The highest BCUT2D eigenvalue weighted by molar-refractivity contribution is 5.20. The molecule has 0 unspecified atom stereocenters. The quantitative estimate of drug-likeness (QED) is 0.474. The molecular formula is C8H10N2O. The Labute approximate surface area is 66.3 Å². The van der Waals surface area contributed by atoms with E-state index in [1.54, 1.807) is 0 Å². The molecule has 0 aliphatic heterocycles. The fourth-order valence-corrected chi connectivity index (χ4v) is 0.685. The van der Waals surface area contributed by atoms with Crippen molar-refractivity contribution in [2.75, 3.05) is 13.8 Å². The van der Waals surface area contributed by atoms with E-state index in [-0.39, 0.29) is 6.73 Å². The van der Waals surface area contributed by atoms with Crippen molar-refractivity contribution in [1.29, 1.82) is 0 Å². The fraction of sp³-hybridized carbons (Fsp3) is 0.250. The van der Waals surface area contributed by atoms with E-state index < -0.39 is 0 Å². The van der Waals surface area contributed by atoms with Crippen LogP contribution in [0.3, 0.4) is 0 Å². The van der Waals surface area contributed by atoms with Crippen molar-refractivity contribution in [2.24, 2.45) is 0 Å². The van der Waals surface area contributed by atoms with Gasteiger partial charge in [-0.1, -0.05) is 18.2 Å². The lowest BCUT2D eigenvalue weighted by molar-refractivity contribution is 0.146. The summed E-state index contributed by atoms with van der Waals surface area (Å²) in [6.07, 6.45) is 0. The summed E-state index contributed by atoms with van der Waals surface area (Å²) < 4.78 is 5.14. The number of rotatable bonds is 3. The molecule has 58 valence electrons. The topological polar surface area (TPSA) is 34.8 Å². The Kier molecular flexibility index (Phi) is 2.89. The van der Waals surface area contributed by atoms with Gasteiger partial charge >= 0.3 is 0 Å². The van der Waals surface area contributed by atoms with Gasteiger partial charge in [0.05, 0.1) is 0 Å². The summed E-state index contributed by atoms with van der Waals surface area (Å²) in [5, 5.41) is 0.979. The summed E-state index contributed by atoms with van der Waals surface area (Å²) in [4.78, 5) is 0. The first-order chi connectivity index (χ1) is 5.29. The monoisotopic (exact) mass is 150 g/mol. The number of para-hydroxylation sites is 1. The van der Waals surface area contributed by atoms with Gasteiger partial charge in [-0.3, -0.25) is 0 Å². The molecule has 0 amide bonds. The molecule has 0 aromatic heterocycles. The summed E-state index contributed by atoms with van der Waals surface area (Å²) in [6.45, 7) is 0.185. The molecule has 0 aliphatic carbocycles. The third-order valence-corrected chi connectivity index (χ3v) is 1.16. The molecule has 0 saturated heterocycles. The molecule has 0 N–H and O–H groups in total. The maximum atomic E-state index is 8.72. The van der Waals surface area contributed by atoms with Crippen LogP contribution in [0.1, 0.15) is 0 Å². The first kappa shape index (κ1) is 8.04. The van der Waals surface area contributed by atoms with Crippen LogP contribution in [-0.2, 0) is 0 Å². The first-order valence-electron chi connectivity index (χ1n) is 3.37. The van der Waals surface area contributed by atoms with Crippen LogP contribution in [0, 0.1) is 0 Å². The van der Waals surface area contributed by atoms with Gasteiger partial charge < -0.3 is 4.74 Å². The molecular weight excluding hydrogens is 140 g/mol. The van der Waals surface area contributed by atoms with Crippen LogP contribution in [0.15, 0.2) is 30.3 Å². The maximum absolute atomic E-state index is 8.72. The molecule has 0 heterocycles. The SMILES string of the molecule is CN([N])COc1ccccc1. The van der Waals surface area contributed by atoms with Crippen LogP contribution >= 0.6 is 0 Å². The standard InChI is InChI=1S/C8H10N2O/c1-10(9)7-11-8-5-3-2-4-6-8/h2-6H,7H2,1H3. The van der Waals surface area contributed by atoms with Gasteiger partial charge in [0.1, 0.15) is 5.75 Å². The molecule has 0 aliphatic rings. The van der Waals surface area contributed by atoms with Crippen LogP contribution in [0.4, 0.5) is 0 Å². The molecule has 2 radical (unpaired) electrons. The van der Waals surface area contributed by atoms with Gasteiger partial charge in [0, 0.05) is 7.05 Å². The summed E-state index contributed by atoms with van der Waals surface area (Å²) in [6, 6.07) is 9.35. The number of ether oxygens (including phenoxy) is 1. The second kappa shape index (κ2) is 3.95. The zero-order chi connectivity index (χ0) is 8.10. The normalized spacial score (nSPS) is 10.1. The van der Waals surface area contributed by atoms with Gasteiger partial charge in [0.15, 0.2) is 6.73 Å². The largest absolute Gasteiger partial charge is 0.477 e. The number of hydrogen-bond acceptors (Lipinski definition) is 2. The first-order valence-corrected chi connectivity index (χ1v) is 3.37. The van der Waals surface area contributed by atoms with Crippen molar-refractivity contribution < 1.29 is 4.74 Å². The average Bonchev–Trinajstić information content (AvgIpc) is 2.03. The predicted molar refractivity (Wildman–Crippen MR) is 41.8 cm³/mol. The number of nitrogens with zero attached hydrogens (tertiary/aromatic N) is 2. The van der Waals surface area contributed by atoms with Crippen LogP contribution in [0.5, 0.6) is 5.75 Å². The molecule has 3 nitrogen and oxygen atoms in total. The van der Waals surface area contributed by atoms with E-state index in [4.69, 9.17) is 10.6 Å². The highest BCUT2D eigenvalue weighted by Crippen LogP contribution is 2.07. The summed E-state index contributed by atoms with van der Waals surface area (Å²) in [5.41, 5.74) is 0. The van der Waals surface area contributed by atoms with Crippen LogP contribution in [0.2, 0.25) is 0 Å². The van der Waals surface area contributed by atoms with E-state index in [2.05, 4.69) is 0 Å². The Morgan fingerprint density at radius 1 is 1.36 bits per heavy atom. The van der Waals surface area contributed by atoms with E-state index in [0.29, 0.717) is 0 Å². The molecule has 3 heteroatoms. The second-order valence-corrected chi connectivity index (χ2v) is 2.24. The van der Waals surface area contributed by atoms with Crippen LogP contribution in [0.25, 0.3) is 0 Å². The van der Waals surface area contributed by atoms with Crippen molar-refractivity contribution in [3.63, 3.8) is 0 Å². The Hall–Kier alpha value is -1.06. The molecule has 0 bridgehead atoms. The van der Waals surface area contributed by atoms with Gasteiger partial charge in [-0.05, 0) is 18.0 Å². The van der Waals surface area contributed by atoms with Gasteiger partial charge in [0.25, 0.3) is 0 Å². The van der Waals surface area contributed by atoms with Gasteiger partial charge in [-0.25, -0.2) is 0 Å². The lowest BCUT2D eigenvalue weighted by Crippen LogP contribution is -2.21. The zero-order valence-electron chi connectivity index (χ0n) is 6.40. The van der Waals surface area contributed by atoms with Gasteiger partial charge in [-0.15, -0.1) is 0 Å². The summed E-state index contributed by atoms with van der Waals surface area (Å²) in [5.74, 6) is 9.48. The zero-order valence-corrected chi connectivity index (χ0v) is 6.40. The van der Waals surface area contributed by atoms with Crippen molar-refractivity contribution in [3.8, 4) is 5.75 Å². The van der Waals surface area contributed by atoms with E-state index in [1.165, 1.54) is 7.05 Å². The molecule has 11 heavy (non-hydrogen) atoms. The van der Waals surface area contributed by atoms with Crippen molar-refractivity contribution in [1.82, 2.24) is 10.9 Å². The Morgan fingerprint density at radius 2 is 2.00 bits per heavy atom. The maximum Gasteiger partial charge on any atom is 0.156 e. The lowest BCUT2D eigenvalue weighted by Gasteiger charge is -2.08. The number of benzene rings is 1. The molecule has 0 atom stereocenters. The van der Waals surface area contributed by atoms with Crippen LogP contribution < -0.4 is 10.6 Å². The Bertz CT molecular complexity index is 199. The molecule has 0 saturated carbocycles. The van der Waals surface area contributed by atoms with Gasteiger partial charge in [-0.2, -0.15) is 5.01 Å². The molecule has 1 aromatic carbocycles. The number of hydrogen-bond donors (Lipinski definition) is 0. The Balaban J connectivity index is 2.39. The second-order valence-electron chi connectivity index (χ2n) is 2.24. The Morgan fingerprint density at radius 3 is 2.55 bits per heavy atom. The van der Waals surface area contributed by atoms with E-state index >= 15 is 0 Å². The molecule has 0 fully saturated rings. The third kappa shape index (κ3) is 3.02. The molecule has 0 spiro atoms. The highest BCUT2D eigenvalue weighted by Gasteiger charge is 1.92. The average molecular weight is 150 g/mol. The highest BCUT2D eigenvalue weighted by atomic mass is 16.5. The predicted octanol–water partition coefficient (Wildman–Crippen LogP) is 0.938. The van der Waals surface area contributed by atoms with Gasteiger partial charge in [0.2, 0.25) is 0 Å². The van der Waals surface area contributed by atoms with E-state index in [9.17, 15) is 0 Å². The summed E-state index contributed by atoms with van der Waals surface area (Å²) >= 11 is 0. The van der Waals surface area contributed by atoms with E-state index in [0.717, 1.165) is 10.8 Å². The third-order valence-electron chi connectivity index (χ3n) is 1.16. The van der Waals surface area contributed by atoms with Crippen LogP contribution in [-0.4, -0.2) is 18.8 Å². The molecule has 1 rings (SSSR count). The minimum absolute atomic E-state index is 0.185.